The number of hydrogen-bond acceptors (Lipinski definition) is 3. The summed E-state index contributed by atoms with van der Waals surface area (Å²) in [6.07, 6.45) is 6.37. The number of carboxylic acids is 1. The highest BCUT2D eigenvalue weighted by Crippen LogP contribution is 2.23. The standard InChI is InChI=1S/C15H25N3O2/c1-2-9-18-14(5-8-16-18)12-17-10-6-13(7-11-17)3-4-15(19)20/h5,8,13H,2-4,6-7,9-12H2,1H3,(H,19,20). The number of piperidine rings is 1. The molecule has 112 valence electrons. The van der Waals surface area contributed by atoms with E-state index < -0.39 is 5.97 Å². The van der Waals surface area contributed by atoms with E-state index in [1.807, 2.05) is 6.20 Å². The Hall–Kier alpha value is -1.36. The number of nitrogens with zero attached hydrogens (tertiary/aromatic N) is 3. The fourth-order valence-corrected chi connectivity index (χ4v) is 2.90. The zero-order valence-corrected chi connectivity index (χ0v) is 12.3. The average Bonchev–Trinajstić information content (AvgIpc) is 2.86. The molecule has 0 aliphatic carbocycles. The molecule has 0 spiro atoms. The maximum absolute atomic E-state index is 10.6. The first-order valence-corrected chi connectivity index (χ1v) is 7.64. The van der Waals surface area contributed by atoms with Crippen LogP contribution >= 0.6 is 0 Å². The van der Waals surface area contributed by atoms with E-state index in [0.29, 0.717) is 12.3 Å². The van der Waals surface area contributed by atoms with Crippen molar-refractivity contribution < 1.29 is 9.90 Å². The molecule has 0 amide bonds. The Morgan fingerprint density at radius 3 is 2.85 bits per heavy atom. The van der Waals surface area contributed by atoms with Gasteiger partial charge in [-0.2, -0.15) is 5.10 Å². The summed E-state index contributed by atoms with van der Waals surface area (Å²) in [4.78, 5) is 13.1. The van der Waals surface area contributed by atoms with Gasteiger partial charge in [0.15, 0.2) is 0 Å². The number of carboxylic acid groups (broad SMARTS) is 1. The smallest absolute Gasteiger partial charge is 0.303 e. The number of aliphatic carboxylic acids is 1. The molecule has 1 N–H and O–H groups in total. The molecule has 0 atom stereocenters. The van der Waals surface area contributed by atoms with Gasteiger partial charge < -0.3 is 5.11 Å². The number of rotatable bonds is 7. The monoisotopic (exact) mass is 279 g/mol. The van der Waals surface area contributed by atoms with Gasteiger partial charge in [0.1, 0.15) is 0 Å². The molecule has 1 aliphatic rings. The van der Waals surface area contributed by atoms with Crippen molar-refractivity contribution in [2.24, 2.45) is 5.92 Å². The highest BCUT2D eigenvalue weighted by molar-refractivity contribution is 5.66. The van der Waals surface area contributed by atoms with Gasteiger partial charge in [0, 0.05) is 25.7 Å². The topological polar surface area (TPSA) is 58.4 Å². The lowest BCUT2D eigenvalue weighted by molar-refractivity contribution is -0.137. The minimum Gasteiger partial charge on any atom is -0.481 e. The molecule has 1 saturated heterocycles. The summed E-state index contributed by atoms with van der Waals surface area (Å²) in [5.74, 6) is -0.0844. The quantitative estimate of drug-likeness (QED) is 0.832. The molecule has 0 aromatic carbocycles. The normalized spacial score (nSPS) is 17.4. The minimum absolute atomic E-state index is 0.313. The van der Waals surface area contributed by atoms with E-state index in [1.54, 1.807) is 0 Å². The molecule has 2 heterocycles. The summed E-state index contributed by atoms with van der Waals surface area (Å²) in [5, 5.41) is 13.1. The van der Waals surface area contributed by atoms with E-state index in [0.717, 1.165) is 51.9 Å². The van der Waals surface area contributed by atoms with Crippen LogP contribution in [0.4, 0.5) is 0 Å². The van der Waals surface area contributed by atoms with Crippen molar-refractivity contribution in [1.29, 1.82) is 0 Å². The van der Waals surface area contributed by atoms with Gasteiger partial charge in [0.25, 0.3) is 0 Å². The number of carbonyl (C=O) groups is 1. The van der Waals surface area contributed by atoms with Crippen LogP contribution in [0, 0.1) is 5.92 Å². The second-order valence-electron chi connectivity index (χ2n) is 5.70. The Kier molecular flexibility index (Phi) is 5.59. The third-order valence-corrected chi connectivity index (χ3v) is 4.10. The third kappa shape index (κ3) is 4.34. The third-order valence-electron chi connectivity index (χ3n) is 4.10. The predicted octanol–water partition coefficient (Wildman–Crippen LogP) is 2.37. The van der Waals surface area contributed by atoms with Crippen LogP contribution < -0.4 is 0 Å². The van der Waals surface area contributed by atoms with Crippen molar-refractivity contribution in [1.82, 2.24) is 14.7 Å². The van der Waals surface area contributed by atoms with E-state index in [1.165, 1.54) is 5.69 Å². The van der Waals surface area contributed by atoms with Gasteiger partial charge >= 0.3 is 5.97 Å². The second-order valence-corrected chi connectivity index (χ2v) is 5.70. The fraction of sp³-hybridized carbons (Fsp3) is 0.733. The maximum atomic E-state index is 10.6. The highest BCUT2D eigenvalue weighted by Gasteiger charge is 2.20. The van der Waals surface area contributed by atoms with Crippen LogP contribution in [0.25, 0.3) is 0 Å². The largest absolute Gasteiger partial charge is 0.481 e. The average molecular weight is 279 g/mol. The van der Waals surface area contributed by atoms with E-state index in [9.17, 15) is 4.79 Å². The maximum Gasteiger partial charge on any atom is 0.303 e. The van der Waals surface area contributed by atoms with E-state index in [2.05, 4.69) is 27.7 Å². The Morgan fingerprint density at radius 2 is 2.20 bits per heavy atom. The molecule has 0 radical (unpaired) electrons. The number of likely N-dealkylation sites (tertiary alicyclic amines) is 1. The van der Waals surface area contributed by atoms with Gasteiger partial charge in [-0.05, 0) is 50.8 Å². The van der Waals surface area contributed by atoms with Crippen LogP contribution in [0.15, 0.2) is 12.3 Å². The molecule has 0 bridgehead atoms. The lowest BCUT2D eigenvalue weighted by atomic mass is 9.92. The first kappa shape index (κ1) is 15.0. The molecule has 0 unspecified atom stereocenters. The van der Waals surface area contributed by atoms with Crippen molar-refractivity contribution in [3.8, 4) is 0 Å². The molecule has 1 aromatic rings. The summed E-state index contributed by atoms with van der Waals surface area (Å²) < 4.78 is 2.09. The van der Waals surface area contributed by atoms with Gasteiger partial charge in [-0.25, -0.2) is 0 Å². The van der Waals surface area contributed by atoms with Crippen LogP contribution in [-0.4, -0.2) is 38.8 Å². The summed E-state index contributed by atoms with van der Waals surface area (Å²) in [6, 6.07) is 2.10. The molecule has 5 heteroatoms. The SMILES string of the molecule is CCCn1nccc1CN1CCC(CCC(=O)O)CC1. The first-order chi connectivity index (χ1) is 9.69. The van der Waals surface area contributed by atoms with Gasteiger partial charge in [-0.1, -0.05) is 6.92 Å². The molecule has 5 nitrogen and oxygen atoms in total. The van der Waals surface area contributed by atoms with Gasteiger partial charge in [-0.15, -0.1) is 0 Å². The Labute approximate surface area is 120 Å². The summed E-state index contributed by atoms with van der Waals surface area (Å²) in [6.45, 7) is 6.26. The Morgan fingerprint density at radius 1 is 1.45 bits per heavy atom. The van der Waals surface area contributed by atoms with E-state index in [-0.39, 0.29) is 0 Å². The highest BCUT2D eigenvalue weighted by atomic mass is 16.4. The van der Waals surface area contributed by atoms with E-state index >= 15 is 0 Å². The molecular weight excluding hydrogens is 254 g/mol. The van der Waals surface area contributed by atoms with Crippen molar-refractivity contribution in [2.75, 3.05) is 13.1 Å². The van der Waals surface area contributed by atoms with Crippen LogP contribution in [-0.2, 0) is 17.9 Å². The molecule has 0 saturated carbocycles. The van der Waals surface area contributed by atoms with Crippen LogP contribution in [0.5, 0.6) is 0 Å². The minimum atomic E-state index is -0.670. The Bertz CT molecular complexity index is 423. The number of aryl methyl sites for hydroxylation is 1. The predicted molar refractivity (Wildman–Crippen MR) is 77.4 cm³/mol. The van der Waals surface area contributed by atoms with Crippen LogP contribution in [0.2, 0.25) is 0 Å². The molecule has 1 fully saturated rings. The zero-order valence-electron chi connectivity index (χ0n) is 12.3. The second kappa shape index (κ2) is 7.43. The van der Waals surface area contributed by atoms with Gasteiger partial charge in [0.2, 0.25) is 0 Å². The zero-order chi connectivity index (χ0) is 14.4. The van der Waals surface area contributed by atoms with Crippen LogP contribution in [0.3, 0.4) is 0 Å². The Balaban J connectivity index is 1.76. The molecule has 2 rings (SSSR count). The van der Waals surface area contributed by atoms with E-state index in [4.69, 9.17) is 5.11 Å². The van der Waals surface area contributed by atoms with Gasteiger partial charge in [0.05, 0.1) is 5.69 Å². The molecule has 20 heavy (non-hydrogen) atoms. The van der Waals surface area contributed by atoms with Crippen molar-refractivity contribution in [3.05, 3.63) is 18.0 Å². The number of hydrogen-bond donors (Lipinski definition) is 1. The lowest BCUT2D eigenvalue weighted by Gasteiger charge is -2.31. The summed E-state index contributed by atoms with van der Waals surface area (Å²) >= 11 is 0. The van der Waals surface area contributed by atoms with Crippen molar-refractivity contribution in [2.45, 2.75) is 52.1 Å². The van der Waals surface area contributed by atoms with Crippen molar-refractivity contribution >= 4 is 5.97 Å². The summed E-state index contributed by atoms with van der Waals surface area (Å²) in [5.41, 5.74) is 1.29. The number of aromatic nitrogens is 2. The van der Waals surface area contributed by atoms with Crippen LogP contribution in [0.1, 0.15) is 44.7 Å². The lowest BCUT2D eigenvalue weighted by Crippen LogP contribution is -2.34. The molecule has 1 aliphatic heterocycles. The van der Waals surface area contributed by atoms with Gasteiger partial charge in [-0.3, -0.25) is 14.4 Å². The first-order valence-electron chi connectivity index (χ1n) is 7.64. The molecular formula is C15H25N3O2. The summed E-state index contributed by atoms with van der Waals surface area (Å²) in [7, 11) is 0. The fourth-order valence-electron chi connectivity index (χ4n) is 2.90. The van der Waals surface area contributed by atoms with Crippen molar-refractivity contribution in [3.63, 3.8) is 0 Å². The molecule has 1 aromatic heterocycles.